The van der Waals surface area contributed by atoms with Crippen LogP contribution in [0.25, 0.3) is 0 Å². The third-order valence-electron chi connectivity index (χ3n) is 5.82. The summed E-state index contributed by atoms with van der Waals surface area (Å²) in [6.45, 7) is 3.15. The van der Waals surface area contributed by atoms with Crippen LogP contribution < -0.4 is 9.80 Å². The number of aryl methyl sites for hydroxylation is 1. The Labute approximate surface area is 202 Å². The van der Waals surface area contributed by atoms with E-state index in [9.17, 15) is 22.4 Å². The Bertz CT molecular complexity index is 1010. The van der Waals surface area contributed by atoms with Crippen LogP contribution in [0.4, 0.5) is 29.1 Å². The smallest absolute Gasteiger partial charge is 0.345 e. The first-order chi connectivity index (χ1) is 16.0. The van der Waals surface area contributed by atoms with Crippen molar-refractivity contribution in [2.75, 3.05) is 43.5 Å². The second kappa shape index (κ2) is 10.9. The molecule has 1 amide bonds. The molecule has 10 heteroatoms. The molecule has 1 atom stereocenters. The zero-order valence-electron chi connectivity index (χ0n) is 19.5. The van der Waals surface area contributed by atoms with E-state index < -0.39 is 23.6 Å². The van der Waals surface area contributed by atoms with Crippen molar-refractivity contribution in [1.82, 2.24) is 9.88 Å². The molecule has 2 aromatic rings. The van der Waals surface area contributed by atoms with E-state index in [1.165, 1.54) is 25.1 Å². The maximum atomic E-state index is 13.8. The molecule has 1 aliphatic rings. The second-order valence-corrected chi connectivity index (χ2v) is 9.21. The molecule has 0 bridgehead atoms. The number of rotatable bonds is 8. The Hall–Kier alpha value is -2.39. The van der Waals surface area contributed by atoms with Gasteiger partial charge in [-0.2, -0.15) is 13.2 Å². The van der Waals surface area contributed by atoms with Gasteiger partial charge in [0.1, 0.15) is 17.7 Å². The molecule has 1 saturated heterocycles. The van der Waals surface area contributed by atoms with Crippen molar-refractivity contribution in [1.29, 1.82) is 0 Å². The molecule has 186 valence electrons. The number of alkyl halides is 3. The fourth-order valence-corrected chi connectivity index (χ4v) is 4.33. The normalized spacial score (nSPS) is 16.4. The molecule has 34 heavy (non-hydrogen) atoms. The van der Waals surface area contributed by atoms with Crippen LogP contribution in [-0.2, 0) is 11.0 Å². The van der Waals surface area contributed by atoms with Gasteiger partial charge in [-0.3, -0.25) is 4.79 Å². The molecule has 0 radical (unpaired) electrons. The van der Waals surface area contributed by atoms with Crippen molar-refractivity contribution in [3.05, 3.63) is 52.4 Å². The van der Waals surface area contributed by atoms with Crippen LogP contribution in [0.1, 0.15) is 36.9 Å². The van der Waals surface area contributed by atoms with Gasteiger partial charge in [0, 0.05) is 24.5 Å². The quantitative estimate of drug-likeness (QED) is 0.352. The zero-order chi connectivity index (χ0) is 25.0. The summed E-state index contributed by atoms with van der Waals surface area (Å²) in [4.78, 5) is 23.2. The first kappa shape index (κ1) is 26.2. The minimum Gasteiger partial charge on any atom is -0.345 e. The highest BCUT2D eigenvalue weighted by Crippen LogP contribution is 2.34. The van der Waals surface area contributed by atoms with E-state index in [1.807, 2.05) is 19.0 Å². The van der Waals surface area contributed by atoms with Crippen LogP contribution >= 0.6 is 11.6 Å². The summed E-state index contributed by atoms with van der Waals surface area (Å²) in [5, 5.41) is -0.0953. The lowest BCUT2D eigenvalue weighted by atomic mass is 10.1. The highest BCUT2D eigenvalue weighted by molar-refractivity contribution is 6.31. The van der Waals surface area contributed by atoms with E-state index in [4.69, 9.17) is 11.6 Å². The van der Waals surface area contributed by atoms with Crippen LogP contribution in [0, 0.1) is 12.7 Å². The van der Waals surface area contributed by atoms with Crippen molar-refractivity contribution >= 4 is 29.0 Å². The number of halogens is 5. The van der Waals surface area contributed by atoms with Gasteiger partial charge in [0.05, 0.1) is 10.6 Å². The average Bonchev–Trinajstić information content (AvgIpc) is 3.24. The maximum absolute atomic E-state index is 13.8. The molecular weight excluding hydrogens is 472 g/mol. The van der Waals surface area contributed by atoms with E-state index in [2.05, 4.69) is 4.98 Å². The monoisotopic (exact) mass is 500 g/mol. The Morgan fingerprint density at radius 3 is 2.53 bits per heavy atom. The number of carbonyl (C=O) groups is 1. The van der Waals surface area contributed by atoms with Crippen molar-refractivity contribution in [2.24, 2.45) is 0 Å². The topological polar surface area (TPSA) is 39.7 Å². The lowest BCUT2D eigenvalue weighted by Crippen LogP contribution is -2.47. The van der Waals surface area contributed by atoms with E-state index in [0.717, 1.165) is 25.1 Å². The first-order valence-corrected chi connectivity index (χ1v) is 11.6. The number of hydrogen-bond donors (Lipinski definition) is 0. The van der Waals surface area contributed by atoms with Crippen molar-refractivity contribution in [3.63, 3.8) is 0 Å². The predicted octanol–water partition coefficient (Wildman–Crippen LogP) is 5.55. The SMILES string of the molecule is Cc1cc(C(F)(F)F)cc(N2CCC[C@H]2C(=O)N(CCCCN(C)C)c2ccc(F)c(Cl)c2)n1. The zero-order valence-corrected chi connectivity index (χ0v) is 20.3. The van der Waals surface area contributed by atoms with Gasteiger partial charge in [-0.25, -0.2) is 9.37 Å². The molecule has 0 N–H and O–H groups in total. The van der Waals surface area contributed by atoms with E-state index in [1.54, 1.807) is 9.80 Å². The van der Waals surface area contributed by atoms with Crippen molar-refractivity contribution in [2.45, 2.75) is 44.8 Å². The number of unbranched alkanes of at least 4 members (excludes halogenated alkanes) is 1. The number of carbonyl (C=O) groups excluding carboxylic acids is 1. The number of nitrogens with zero attached hydrogens (tertiary/aromatic N) is 4. The first-order valence-electron chi connectivity index (χ1n) is 11.2. The Morgan fingerprint density at radius 1 is 1.18 bits per heavy atom. The number of pyridine rings is 1. The van der Waals surface area contributed by atoms with Gasteiger partial charge >= 0.3 is 6.18 Å². The Balaban J connectivity index is 1.90. The van der Waals surface area contributed by atoms with Crippen LogP contribution in [0.15, 0.2) is 30.3 Å². The summed E-state index contributed by atoms with van der Waals surface area (Å²) >= 11 is 5.98. The number of benzene rings is 1. The molecule has 3 rings (SSSR count). The van der Waals surface area contributed by atoms with Gasteiger partial charge in [-0.1, -0.05) is 11.6 Å². The van der Waals surface area contributed by atoms with E-state index in [-0.39, 0.29) is 22.4 Å². The molecule has 0 aliphatic carbocycles. The third-order valence-corrected chi connectivity index (χ3v) is 6.11. The number of anilines is 2. The lowest BCUT2D eigenvalue weighted by molar-refractivity contribution is -0.137. The molecular formula is C24H29ClF4N4O. The maximum Gasteiger partial charge on any atom is 0.416 e. The van der Waals surface area contributed by atoms with E-state index >= 15 is 0 Å². The molecule has 5 nitrogen and oxygen atoms in total. The second-order valence-electron chi connectivity index (χ2n) is 8.80. The molecule has 0 spiro atoms. The number of amides is 1. The summed E-state index contributed by atoms with van der Waals surface area (Å²) in [6, 6.07) is 5.43. The fourth-order valence-electron chi connectivity index (χ4n) is 4.16. The molecule has 2 heterocycles. The van der Waals surface area contributed by atoms with Gasteiger partial charge in [0.25, 0.3) is 0 Å². The molecule has 1 aromatic carbocycles. The van der Waals surface area contributed by atoms with Crippen molar-refractivity contribution < 1.29 is 22.4 Å². The summed E-state index contributed by atoms with van der Waals surface area (Å²) in [6.07, 6.45) is -1.84. The highest BCUT2D eigenvalue weighted by atomic mass is 35.5. The number of aromatic nitrogens is 1. The van der Waals surface area contributed by atoms with Gasteiger partial charge < -0.3 is 14.7 Å². The Kier molecular flexibility index (Phi) is 8.41. The predicted molar refractivity (Wildman–Crippen MR) is 126 cm³/mol. The number of hydrogen-bond acceptors (Lipinski definition) is 4. The van der Waals surface area contributed by atoms with Gasteiger partial charge in [-0.15, -0.1) is 0 Å². The summed E-state index contributed by atoms with van der Waals surface area (Å²) in [5.41, 5.74) is -0.103. The molecule has 1 aromatic heterocycles. The summed E-state index contributed by atoms with van der Waals surface area (Å²) < 4.78 is 53.9. The average molecular weight is 501 g/mol. The highest BCUT2D eigenvalue weighted by Gasteiger charge is 2.37. The minimum atomic E-state index is -4.51. The molecule has 1 aliphatic heterocycles. The lowest BCUT2D eigenvalue weighted by Gasteiger charge is -2.31. The van der Waals surface area contributed by atoms with Gasteiger partial charge in [0.15, 0.2) is 0 Å². The summed E-state index contributed by atoms with van der Waals surface area (Å²) in [5.74, 6) is -0.716. The molecule has 1 fully saturated rings. The summed E-state index contributed by atoms with van der Waals surface area (Å²) in [7, 11) is 3.92. The third kappa shape index (κ3) is 6.39. The molecule has 0 unspecified atom stereocenters. The van der Waals surface area contributed by atoms with Crippen LogP contribution in [0.3, 0.4) is 0 Å². The van der Waals surface area contributed by atoms with Gasteiger partial charge in [0.2, 0.25) is 5.91 Å². The Morgan fingerprint density at radius 2 is 1.88 bits per heavy atom. The minimum absolute atomic E-state index is 0.0953. The van der Waals surface area contributed by atoms with Crippen molar-refractivity contribution in [3.8, 4) is 0 Å². The van der Waals surface area contributed by atoms with Crippen LogP contribution in [0.2, 0.25) is 5.02 Å². The van der Waals surface area contributed by atoms with Crippen LogP contribution in [0.5, 0.6) is 0 Å². The fraction of sp³-hybridized carbons (Fsp3) is 0.500. The standard InChI is InChI=1S/C24H29ClF4N4O/c1-16-13-17(24(27,28)29)14-22(30-16)33-12-6-7-21(33)23(34)32(11-5-4-10-31(2)3)18-8-9-20(26)19(25)15-18/h8-9,13-15,21H,4-7,10-12H2,1-3H3/t21-/m0/s1. The van der Waals surface area contributed by atoms with Crippen LogP contribution in [-0.4, -0.2) is 55.6 Å². The molecule has 0 saturated carbocycles. The van der Waals surface area contributed by atoms with E-state index in [0.29, 0.717) is 38.0 Å². The van der Waals surface area contributed by atoms with Gasteiger partial charge in [-0.05, 0) is 83.6 Å². The largest absolute Gasteiger partial charge is 0.416 e.